The maximum Gasteiger partial charge on any atom is 0.174 e. The van der Waals surface area contributed by atoms with E-state index in [1.54, 1.807) is 0 Å². The molecule has 0 amide bonds. The Balaban J connectivity index is 1.26. The van der Waals surface area contributed by atoms with E-state index in [-0.39, 0.29) is 5.41 Å². The van der Waals surface area contributed by atoms with Crippen molar-refractivity contribution in [1.82, 2.24) is 15.5 Å². The molecule has 0 unspecified atom stereocenters. The van der Waals surface area contributed by atoms with E-state index in [9.17, 15) is 0 Å². The van der Waals surface area contributed by atoms with Crippen LogP contribution in [0.2, 0.25) is 0 Å². The molecule has 1 aromatic carbocycles. The van der Waals surface area contributed by atoms with Crippen LogP contribution in [0.15, 0.2) is 65.4 Å². The Kier molecular flexibility index (Phi) is 5.44. The van der Waals surface area contributed by atoms with Gasteiger partial charge in [-0.05, 0) is 54.0 Å². The van der Waals surface area contributed by atoms with Crippen LogP contribution >= 0.6 is 0 Å². The second-order valence-electron chi connectivity index (χ2n) is 8.13. The van der Waals surface area contributed by atoms with Crippen LogP contribution in [0.3, 0.4) is 0 Å². The van der Waals surface area contributed by atoms with Gasteiger partial charge in [-0.1, -0.05) is 37.2 Å². The first-order chi connectivity index (χ1) is 13.6. The molecule has 1 fully saturated rings. The number of nitrogens with one attached hydrogen (secondary N) is 1. The van der Waals surface area contributed by atoms with E-state index < -0.39 is 0 Å². The van der Waals surface area contributed by atoms with Crippen molar-refractivity contribution in [3.8, 4) is 5.75 Å². The summed E-state index contributed by atoms with van der Waals surface area (Å²) < 4.78 is 11.2. The van der Waals surface area contributed by atoms with Gasteiger partial charge in [-0.25, -0.2) is 0 Å². The van der Waals surface area contributed by atoms with Crippen LogP contribution in [-0.2, 0) is 19.6 Å². The lowest BCUT2D eigenvalue weighted by Gasteiger charge is -2.52. The molecule has 1 N–H and O–H groups in total. The van der Waals surface area contributed by atoms with Crippen LogP contribution in [0.1, 0.15) is 37.3 Å². The Labute approximate surface area is 166 Å². The molecule has 1 saturated carbocycles. The van der Waals surface area contributed by atoms with E-state index >= 15 is 0 Å². The number of aromatic nitrogens is 2. The minimum absolute atomic E-state index is 0.229. The molecule has 0 bridgehead atoms. The first kappa shape index (κ1) is 18.7. The molecule has 0 spiro atoms. The predicted molar refractivity (Wildman–Crippen MR) is 108 cm³/mol. The van der Waals surface area contributed by atoms with Crippen molar-refractivity contribution in [2.45, 2.75) is 45.9 Å². The molecule has 146 valence electrons. The van der Waals surface area contributed by atoms with Gasteiger partial charge in [0.15, 0.2) is 5.76 Å². The Hall–Kier alpha value is -2.66. The van der Waals surface area contributed by atoms with Gasteiger partial charge in [0, 0.05) is 31.0 Å². The number of nitrogens with zero attached hydrogens (tertiary/aromatic N) is 2. The largest absolute Gasteiger partial charge is 0.486 e. The third kappa shape index (κ3) is 4.25. The highest BCUT2D eigenvalue weighted by atomic mass is 16.5. The fourth-order valence-corrected chi connectivity index (χ4v) is 3.89. The van der Waals surface area contributed by atoms with E-state index in [0.29, 0.717) is 18.6 Å². The van der Waals surface area contributed by atoms with Gasteiger partial charge < -0.3 is 14.6 Å². The third-order valence-corrected chi connectivity index (χ3v) is 5.96. The van der Waals surface area contributed by atoms with Gasteiger partial charge in [-0.15, -0.1) is 0 Å². The zero-order valence-electron chi connectivity index (χ0n) is 16.5. The fraction of sp³-hybridized carbons (Fsp3) is 0.391. The van der Waals surface area contributed by atoms with Gasteiger partial charge >= 0.3 is 0 Å². The molecule has 3 aromatic rings. The minimum Gasteiger partial charge on any atom is -0.486 e. The minimum atomic E-state index is 0.229. The third-order valence-electron chi connectivity index (χ3n) is 5.96. The standard InChI is InChI=1S/C23H27N3O2/c1-23(2)18(13-22(23)25-15-17-8-10-24-11-9-17)12-19-14-21(28-26-19)16-27-20-6-4-3-5-7-20/h3-11,14,18,22,25H,12-13,15-16H2,1-2H3/t18-,22+/m1/s1. The van der Waals surface area contributed by atoms with Crippen LogP contribution in [0, 0.1) is 11.3 Å². The van der Waals surface area contributed by atoms with Crippen molar-refractivity contribution in [2.75, 3.05) is 0 Å². The number of hydrogen-bond acceptors (Lipinski definition) is 5. The number of pyridine rings is 1. The second kappa shape index (κ2) is 8.15. The Morgan fingerprint density at radius 2 is 1.93 bits per heavy atom. The first-order valence-electron chi connectivity index (χ1n) is 9.86. The Bertz CT molecular complexity index is 877. The van der Waals surface area contributed by atoms with Crippen LogP contribution in [0.5, 0.6) is 5.75 Å². The second-order valence-corrected chi connectivity index (χ2v) is 8.13. The molecule has 2 atom stereocenters. The lowest BCUT2D eigenvalue weighted by molar-refractivity contribution is 0.0125. The fourth-order valence-electron chi connectivity index (χ4n) is 3.89. The van der Waals surface area contributed by atoms with Gasteiger partial charge in [-0.3, -0.25) is 4.98 Å². The molecule has 1 aliphatic carbocycles. The lowest BCUT2D eigenvalue weighted by Crippen LogP contribution is -2.57. The van der Waals surface area contributed by atoms with Crippen LogP contribution < -0.4 is 10.1 Å². The zero-order valence-corrected chi connectivity index (χ0v) is 16.5. The molecule has 5 nitrogen and oxygen atoms in total. The summed E-state index contributed by atoms with van der Waals surface area (Å²) in [5.41, 5.74) is 2.51. The lowest BCUT2D eigenvalue weighted by atomic mass is 9.57. The normalized spacial score (nSPS) is 20.5. The maximum absolute atomic E-state index is 5.73. The summed E-state index contributed by atoms with van der Waals surface area (Å²) in [5, 5.41) is 7.95. The summed E-state index contributed by atoms with van der Waals surface area (Å²) in [4.78, 5) is 4.07. The van der Waals surface area contributed by atoms with Crippen molar-refractivity contribution in [1.29, 1.82) is 0 Å². The molecule has 1 aliphatic rings. The van der Waals surface area contributed by atoms with Gasteiger partial charge in [0.25, 0.3) is 0 Å². The summed E-state index contributed by atoms with van der Waals surface area (Å²) >= 11 is 0. The van der Waals surface area contributed by atoms with Crippen molar-refractivity contribution >= 4 is 0 Å². The number of benzene rings is 1. The summed E-state index contributed by atoms with van der Waals surface area (Å²) in [6, 6.07) is 16.4. The average Bonchev–Trinajstić information content (AvgIpc) is 3.18. The van der Waals surface area contributed by atoms with E-state index in [2.05, 4.69) is 41.4 Å². The van der Waals surface area contributed by atoms with Gasteiger partial charge in [-0.2, -0.15) is 0 Å². The SMILES string of the molecule is CC1(C)[C@H](Cc2cc(COc3ccccc3)on2)C[C@@H]1NCc1ccncc1. The molecule has 2 heterocycles. The summed E-state index contributed by atoms with van der Waals surface area (Å²) in [7, 11) is 0. The Morgan fingerprint density at radius 1 is 1.14 bits per heavy atom. The van der Waals surface area contributed by atoms with E-state index in [0.717, 1.165) is 36.6 Å². The summed E-state index contributed by atoms with van der Waals surface area (Å²) in [5.74, 6) is 2.20. The molecule has 0 radical (unpaired) electrons. The molecule has 0 aliphatic heterocycles. The average molecular weight is 377 g/mol. The quantitative estimate of drug-likeness (QED) is 0.631. The van der Waals surface area contributed by atoms with Crippen LogP contribution in [0.4, 0.5) is 0 Å². The van der Waals surface area contributed by atoms with Crippen molar-refractivity contribution in [3.63, 3.8) is 0 Å². The molecule has 28 heavy (non-hydrogen) atoms. The smallest absolute Gasteiger partial charge is 0.174 e. The van der Waals surface area contributed by atoms with E-state index in [1.807, 2.05) is 48.8 Å². The molecule has 4 rings (SSSR count). The number of hydrogen-bond donors (Lipinski definition) is 1. The highest BCUT2D eigenvalue weighted by Gasteiger charge is 2.47. The number of para-hydroxylation sites is 1. The van der Waals surface area contributed by atoms with Crippen molar-refractivity contribution in [3.05, 3.63) is 77.9 Å². The summed E-state index contributed by atoms with van der Waals surface area (Å²) in [6.45, 7) is 5.96. The highest BCUT2D eigenvalue weighted by molar-refractivity contribution is 5.21. The van der Waals surface area contributed by atoms with Gasteiger partial charge in [0.1, 0.15) is 12.4 Å². The topological polar surface area (TPSA) is 60.2 Å². The number of rotatable bonds is 8. The van der Waals surface area contributed by atoms with E-state index in [4.69, 9.17) is 9.26 Å². The van der Waals surface area contributed by atoms with Crippen molar-refractivity contribution < 1.29 is 9.26 Å². The molecular weight excluding hydrogens is 350 g/mol. The predicted octanol–water partition coefficient (Wildman–Crippen LogP) is 4.40. The maximum atomic E-state index is 5.73. The van der Waals surface area contributed by atoms with E-state index in [1.165, 1.54) is 5.56 Å². The zero-order chi connectivity index (χ0) is 19.4. The number of ether oxygens (including phenoxy) is 1. The monoisotopic (exact) mass is 377 g/mol. The Morgan fingerprint density at radius 3 is 2.68 bits per heavy atom. The van der Waals surface area contributed by atoms with Gasteiger partial charge in [0.05, 0.1) is 5.69 Å². The van der Waals surface area contributed by atoms with Gasteiger partial charge in [0.2, 0.25) is 0 Å². The first-order valence-corrected chi connectivity index (χ1v) is 9.86. The molecular formula is C23H27N3O2. The molecule has 0 saturated heterocycles. The van der Waals surface area contributed by atoms with Crippen molar-refractivity contribution in [2.24, 2.45) is 11.3 Å². The van der Waals surface area contributed by atoms with Crippen LogP contribution in [0.25, 0.3) is 0 Å². The molecule has 2 aromatic heterocycles. The molecule has 5 heteroatoms. The highest BCUT2D eigenvalue weighted by Crippen LogP contribution is 2.47. The summed E-state index contributed by atoms with van der Waals surface area (Å²) in [6.07, 6.45) is 5.78. The van der Waals surface area contributed by atoms with Crippen LogP contribution in [-0.4, -0.2) is 16.2 Å².